The van der Waals surface area contributed by atoms with E-state index in [-0.39, 0.29) is 49.5 Å². The fraction of sp³-hybridized carbons (Fsp3) is 0.348. The molecular formula is C46H50F4N10O6. The van der Waals surface area contributed by atoms with Gasteiger partial charge in [0.15, 0.2) is 0 Å². The standard InChI is InChI=1S/2C23H25F2N5O3/c2*1-14(28-18-11-16(24)10-17(25)12-18)19-8-15(23(32)26-2-5-31)9-20-22(19)29-21(13-27-20)30-3-6-33-7-4-30/h2*8-14,28,31H,2-7H2,1H3,(H,26,32). The molecule has 2 fully saturated rings. The average Bonchev–Trinajstić information content (AvgIpc) is 3.31. The molecule has 20 heteroatoms. The predicted molar refractivity (Wildman–Crippen MR) is 241 cm³/mol. The van der Waals surface area contributed by atoms with Gasteiger partial charge < -0.3 is 50.8 Å². The number of aromatic nitrogens is 4. The first-order chi connectivity index (χ1) is 31.9. The summed E-state index contributed by atoms with van der Waals surface area (Å²) in [6.07, 6.45) is 3.32. The number of aliphatic hydroxyl groups is 2. The molecule has 2 aromatic heterocycles. The molecule has 6 aromatic rings. The van der Waals surface area contributed by atoms with Crippen LogP contribution < -0.4 is 31.1 Å². The number of fused-ring (bicyclic) bond motifs is 2. The molecule has 0 aliphatic carbocycles. The van der Waals surface area contributed by atoms with Crippen LogP contribution in [0, 0.1) is 23.3 Å². The fourth-order valence-electron chi connectivity index (χ4n) is 7.55. The van der Waals surface area contributed by atoms with Gasteiger partial charge in [0.05, 0.1) is 86.2 Å². The number of anilines is 4. The van der Waals surface area contributed by atoms with Crippen LogP contribution in [0.2, 0.25) is 0 Å². The quantitative estimate of drug-likeness (QED) is 0.0772. The van der Waals surface area contributed by atoms with Crippen molar-refractivity contribution in [1.82, 2.24) is 30.6 Å². The van der Waals surface area contributed by atoms with Gasteiger partial charge in [-0.15, -0.1) is 0 Å². The Hall–Kier alpha value is -6.74. The lowest BCUT2D eigenvalue weighted by Crippen LogP contribution is -2.36. The number of aliphatic hydroxyl groups excluding tert-OH is 2. The Morgan fingerprint density at radius 1 is 0.591 bits per heavy atom. The molecular weight excluding hydrogens is 865 g/mol. The Kier molecular flexibility index (Phi) is 15.7. The second kappa shape index (κ2) is 22.0. The fourth-order valence-corrected chi connectivity index (χ4v) is 7.55. The summed E-state index contributed by atoms with van der Waals surface area (Å²) in [5.74, 6) is -2.13. The number of morpholine rings is 2. The van der Waals surface area contributed by atoms with Crippen molar-refractivity contribution < 1.29 is 46.8 Å². The van der Waals surface area contributed by atoms with Gasteiger partial charge >= 0.3 is 0 Å². The van der Waals surface area contributed by atoms with Gasteiger partial charge in [0.2, 0.25) is 0 Å². The second-order valence-corrected chi connectivity index (χ2v) is 15.5. The van der Waals surface area contributed by atoms with Crippen LogP contribution in [-0.4, -0.2) is 121 Å². The molecule has 2 amide bonds. The number of nitrogens with zero attached hydrogens (tertiary/aromatic N) is 6. The molecule has 16 nitrogen and oxygen atoms in total. The van der Waals surface area contributed by atoms with Crippen molar-refractivity contribution in [3.63, 3.8) is 0 Å². The first kappa shape index (κ1) is 47.2. The molecule has 2 aliphatic heterocycles. The molecule has 0 saturated carbocycles. The molecule has 0 bridgehead atoms. The Bertz CT molecular complexity index is 2450. The number of carbonyl (C=O) groups excluding carboxylic acids is 2. The monoisotopic (exact) mass is 914 g/mol. The van der Waals surface area contributed by atoms with Gasteiger partial charge in [-0.05, 0) is 62.4 Å². The van der Waals surface area contributed by atoms with Crippen LogP contribution >= 0.6 is 0 Å². The molecule has 348 valence electrons. The second-order valence-electron chi connectivity index (χ2n) is 15.5. The molecule has 0 radical (unpaired) electrons. The van der Waals surface area contributed by atoms with Gasteiger partial charge in [-0.3, -0.25) is 19.6 Å². The number of nitrogens with one attached hydrogen (secondary N) is 4. The first-order valence-corrected chi connectivity index (χ1v) is 21.4. The van der Waals surface area contributed by atoms with Gasteiger partial charge in [-0.2, -0.15) is 0 Å². The largest absolute Gasteiger partial charge is 0.395 e. The zero-order chi connectivity index (χ0) is 46.7. The number of carbonyl (C=O) groups is 2. The number of hydrogen-bond donors (Lipinski definition) is 6. The lowest BCUT2D eigenvalue weighted by atomic mass is 10.0. The highest BCUT2D eigenvalue weighted by Crippen LogP contribution is 2.31. The van der Waals surface area contributed by atoms with E-state index in [0.29, 0.717) is 109 Å². The summed E-state index contributed by atoms with van der Waals surface area (Å²) in [6, 6.07) is 12.1. The predicted octanol–water partition coefficient (Wildman–Crippen LogP) is 5.28. The molecule has 6 N–H and O–H groups in total. The maximum Gasteiger partial charge on any atom is 0.251 e. The normalized spacial score (nSPS) is 14.8. The Morgan fingerprint density at radius 3 is 1.30 bits per heavy atom. The van der Waals surface area contributed by atoms with E-state index in [1.54, 1.807) is 36.7 Å². The SMILES string of the molecule is CC(Nc1cc(F)cc(F)c1)c1cc(C(=O)NCCO)cc2ncc(N3CCOCC3)nc12.CC(Nc1cc(F)cc(F)c1)c1cc(C(=O)NCCO)cc2ncc(N3CCOCC3)nc12. The van der Waals surface area contributed by atoms with Crippen molar-refractivity contribution in [3.8, 4) is 0 Å². The molecule has 66 heavy (non-hydrogen) atoms. The van der Waals surface area contributed by atoms with E-state index in [9.17, 15) is 27.2 Å². The number of benzene rings is 4. The summed E-state index contributed by atoms with van der Waals surface area (Å²) in [6.45, 7) is 8.64. The van der Waals surface area contributed by atoms with Crippen molar-refractivity contribution in [1.29, 1.82) is 0 Å². The molecule has 4 heterocycles. The van der Waals surface area contributed by atoms with Crippen molar-refractivity contribution in [2.24, 2.45) is 0 Å². The Balaban J connectivity index is 0.000000196. The van der Waals surface area contributed by atoms with Crippen LogP contribution in [0.3, 0.4) is 0 Å². The number of hydrogen-bond acceptors (Lipinski definition) is 14. The van der Waals surface area contributed by atoms with Crippen LogP contribution in [0.15, 0.2) is 73.1 Å². The third-order valence-electron chi connectivity index (χ3n) is 10.7. The summed E-state index contributed by atoms with van der Waals surface area (Å²) < 4.78 is 65.6. The third kappa shape index (κ3) is 11.9. The minimum atomic E-state index is -0.693. The van der Waals surface area contributed by atoms with E-state index in [4.69, 9.17) is 29.7 Å². The molecule has 2 aliphatic rings. The zero-order valence-electron chi connectivity index (χ0n) is 36.3. The van der Waals surface area contributed by atoms with Crippen LogP contribution in [0.4, 0.5) is 40.6 Å². The van der Waals surface area contributed by atoms with Gasteiger partial charge in [-0.1, -0.05) is 0 Å². The highest BCUT2D eigenvalue weighted by Gasteiger charge is 2.22. The molecule has 8 rings (SSSR count). The maximum atomic E-state index is 13.7. The number of amides is 2. The van der Waals surface area contributed by atoms with Gasteiger partial charge in [0.25, 0.3) is 11.8 Å². The van der Waals surface area contributed by atoms with Crippen molar-refractivity contribution in [2.45, 2.75) is 25.9 Å². The van der Waals surface area contributed by atoms with Crippen LogP contribution in [0.25, 0.3) is 22.1 Å². The molecule has 2 saturated heterocycles. The van der Waals surface area contributed by atoms with E-state index in [1.165, 1.54) is 24.3 Å². The summed E-state index contributed by atoms with van der Waals surface area (Å²) in [5.41, 5.74) is 4.69. The Morgan fingerprint density at radius 2 is 0.955 bits per heavy atom. The smallest absolute Gasteiger partial charge is 0.251 e. The lowest BCUT2D eigenvalue weighted by molar-refractivity contribution is 0.0937. The van der Waals surface area contributed by atoms with Crippen molar-refractivity contribution >= 4 is 56.9 Å². The van der Waals surface area contributed by atoms with Crippen molar-refractivity contribution in [2.75, 3.05) is 99.3 Å². The van der Waals surface area contributed by atoms with E-state index in [2.05, 4.69) is 41.0 Å². The highest BCUT2D eigenvalue weighted by atomic mass is 19.1. The summed E-state index contributed by atoms with van der Waals surface area (Å²) in [7, 11) is 0. The number of rotatable bonds is 14. The van der Waals surface area contributed by atoms with E-state index in [1.807, 2.05) is 13.8 Å². The van der Waals surface area contributed by atoms with Gasteiger partial charge in [0, 0.05) is 85.0 Å². The topological polar surface area (TPSA) is 199 Å². The third-order valence-corrected chi connectivity index (χ3v) is 10.7. The van der Waals surface area contributed by atoms with Crippen LogP contribution in [0.1, 0.15) is 57.8 Å². The summed E-state index contributed by atoms with van der Waals surface area (Å²) in [5, 5.41) is 29.5. The molecule has 0 spiro atoms. The molecule has 4 aromatic carbocycles. The highest BCUT2D eigenvalue weighted by molar-refractivity contribution is 5.99. The summed E-state index contributed by atoms with van der Waals surface area (Å²) >= 11 is 0. The van der Waals surface area contributed by atoms with Crippen LogP contribution in [0.5, 0.6) is 0 Å². The minimum Gasteiger partial charge on any atom is -0.395 e. The average molecular weight is 915 g/mol. The minimum absolute atomic E-state index is 0.115. The van der Waals surface area contributed by atoms with Crippen molar-refractivity contribution in [3.05, 3.63) is 119 Å². The van der Waals surface area contributed by atoms with E-state index in [0.717, 1.165) is 12.1 Å². The van der Waals surface area contributed by atoms with Gasteiger partial charge in [0.1, 0.15) is 34.9 Å². The van der Waals surface area contributed by atoms with E-state index < -0.39 is 35.4 Å². The van der Waals surface area contributed by atoms with E-state index >= 15 is 0 Å². The number of halogens is 4. The maximum absolute atomic E-state index is 13.7. The molecule has 2 unspecified atom stereocenters. The van der Waals surface area contributed by atoms with Crippen LogP contribution in [-0.2, 0) is 9.47 Å². The number of ether oxygens (including phenoxy) is 2. The molecule has 2 atom stereocenters. The Labute approximate surface area is 377 Å². The summed E-state index contributed by atoms with van der Waals surface area (Å²) in [4.78, 5) is 48.0. The lowest BCUT2D eigenvalue weighted by Gasteiger charge is -2.28. The first-order valence-electron chi connectivity index (χ1n) is 21.4. The zero-order valence-corrected chi connectivity index (χ0v) is 36.3. The van der Waals surface area contributed by atoms with Gasteiger partial charge in [-0.25, -0.2) is 27.5 Å².